The van der Waals surface area contributed by atoms with Gasteiger partial charge in [0.15, 0.2) is 0 Å². The maximum absolute atomic E-state index is 11.5. The zero-order chi connectivity index (χ0) is 13.4. The highest BCUT2D eigenvalue weighted by Crippen LogP contribution is 2.34. The zero-order valence-corrected chi connectivity index (χ0v) is 11.2. The van der Waals surface area contributed by atoms with E-state index < -0.39 is 12.0 Å². The monoisotopic (exact) mass is 279 g/mol. The third kappa shape index (κ3) is 2.15. The minimum absolute atomic E-state index is 0.446. The van der Waals surface area contributed by atoms with Crippen molar-refractivity contribution in [3.63, 3.8) is 0 Å². The van der Waals surface area contributed by atoms with Gasteiger partial charge in [-0.05, 0) is 30.4 Å². The van der Waals surface area contributed by atoms with Gasteiger partial charge in [-0.3, -0.25) is 9.69 Å². The molecule has 1 aliphatic heterocycles. The maximum Gasteiger partial charge on any atom is 0.325 e. The lowest BCUT2D eigenvalue weighted by Crippen LogP contribution is -2.38. The summed E-state index contributed by atoms with van der Waals surface area (Å²) in [6.45, 7) is 2.96. The Labute approximate surface area is 113 Å². The van der Waals surface area contributed by atoms with E-state index in [0.717, 1.165) is 12.0 Å². The molecule has 0 saturated heterocycles. The molecule has 0 bridgehead atoms. The Hall–Kier alpha value is -1.73. The summed E-state index contributed by atoms with van der Waals surface area (Å²) in [5, 5.41) is 19.0. The van der Waals surface area contributed by atoms with Crippen LogP contribution in [0.5, 0.6) is 0 Å². The minimum Gasteiger partial charge on any atom is -0.480 e. The van der Waals surface area contributed by atoms with Crippen LogP contribution in [0.25, 0.3) is 0 Å². The number of carboxylic acids is 1. The number of thiophene rings is 1. The Balaban J connectivity index is 1.90. The van der Waals surface area contributed by atoms with Gasteiger partial charge in [0.1, 0.15) is 17.4 Å². The van der Waals surface area contributed by atoms with Crippen molar-refractivity contribution in [3.05, 3.63) is 33.3 Å². The van der Waals surface area contributed by atoms with E-state index in [4.69, 9.17) is 0 Å². The van der Waals surface area contributed by atoms with Crippen molar-refractivity contribution in [2.24, 2.45) is 0 Å². The van der Waals surface area contributed by atoms with Gasteiger partial charge >= 0.3 is 5.97 Å². The van der Waals surface area contributed by atoms with Gasteiger partial charge in [0.05, 0.1) is 0 Å². The lowest BCUT2D eigenvalue weighted by molar-refractivity contribution is -0.144. The topological polar surface area (TPSA) is 79.5 Å². The molecule has 1 aliphatic rings. The van der Waals surface area contributed by atoms with Crippen molar-refractivity contribution in [3.8, 4) is 0 Å². The zero-order valence-electron chi connectivity index (χ0n) is 10.4. The van der Waals surface area contributed by atoms with Crippen LogP contribution in [0.15, 0.2) is 16.1 Å². The number of hydrogen-bond donors (Lipinski definition) is 1. The largest absolute Gasteiger partial charge is 0.480 e. The molecule has 0 aliphatic carbocycles. The highest BCUT2D eigenvalue weighted by Gasteiger charge is 2.34. The number of aryl methyl sites for hydroxylation is 1. The Bertz CT molecular complexity index is 607. The molecule has 0 spiro atoms. The van der Waals surface area contributed by atoms with E-state index in [1.54, 1.807) is 11.3 Å². The molecular weight excluding hydrogens is 266 g/mol. The van der Waals surface area contributed by atoms with Gasteiger partial charge in [0.25, 0.3) is 0 Å². The fourth-order valence-electron chi connectivity index (χ4n) is 2.41. The number of rotatable bonds is 3. The average Bonchev–Trinajstić information content (AvgIpc) is 2.98. The number of aliphatic carboxylic acids is 1. The van der Waals surface area contributed by atoms with Crippen LogP contribution in [0, 0.1) is 6.92 Å². The van der Waals surface area contributed by atoms with Crippen molar-refractivity contribution < 1.29 is 14.5 Å². The summed E-state index contributed by atoms with van der Waals surface area (Å²) in [4.78, 5) is 14.6. The normalized spacial score (nSPS) is 19.3. The van der Waals surface area contributed by atoms with E-state index in [1.807, 2.05) is 23.3 Å². The fraction of sp³-hybridized carbons (Fsp3) is 0.417. The smallest absolute Gasteiger partial charge is 0.325 e. The lowest BCUT2D eigenvalue weighted by Gasteiger charge is -2.32. The van der Waals surface area contributed by atoms with Crippen LogP contribution in [-0.2, 0) is 17.8 Å². The molecule has 0 aromatic carbocycles. The third-order valence-electron chi connectivity index (χ3n) is 3.40. The van der Waals surface area contributed by atoms with E-state index in [1.165, 1.54) is 4.88 Å². The van der Waals surface area contributed by atoms with E-state index in [0.29, 0.717) is 24.5 Å². The van der Waals surface area contributed by atoms with Crippen molar-refractivity contribution in [1.29, 1.82) is 0 Å². The summed E-state index contributed by atoms with van der Waals surface area (Å²) in [6.07, 6.45) is 0.876. The number of hydrogen-bond acceptors (Lipinski definition) is 6. The summed E-state index contributed by atoms with van der Waals surface area (Å²) in [7, 11) is 0. The molecule has 19 heavy (non-hydrogen) atoms. The van der Waals surface area contributed by atoms with Gasteiger partial charge in [-0.25, -0.2) is 4.63 Å². The Morgan fingerprint density at radius 3 is 3.16 bits per heavy atom. The molecule has 0 saturated carbocycles. The summed E-state index contributed by atoms with van der Waals surface area (Å²) in [6, 6.07) is 1.30. The molecule has 1 atom stereocenters. The lowest BCUT2D eigenvalue weighted by atomic mass is 10.00. The van der Waals surface area contributed by atoms with Gasteiger partial charge < -0.3 is 5.11 Å². The van der Waals surface area contributed by atoms with Gasteiger partial charge in [0.2, 0.25) is 0 Å². The van der Waals surface area contributed by atoms with Crippen LogP contribution in [0.1, 0.15) is 27.9 Å². The van der Waals surface area contributed by atoms with Gasteiger partial charge in [-0.1, -0.05) is 10.3 Å². The van der Waals surface area contributed by atoms with Gasteiger partial charge in [-0.2, -0.15) is 0 Å². The fourth-order valence-corrected chi connectivity index (χ4v) is 3.32. The number of fused-ring (bicyclic) bond motifs is 1. The molecular formula is C12H13N3O3S. The molecule has 2 aromatic heterocycles. The summed E-state index contributed by atoms with van der Waals surface area (Å²) in [5.74, 6) is -0.826. The standard InChI is InChI=1S/C12H13N3O3S/c1-7-9(14-18-13-7)6-15-4-2-10-8(3-5-19-10)11(15)12(16)17/h3,5,11H,2,4,6H2,1H3,(H,16,17). The first-order chi connectivity index (χ1) is 9.16. The van der Waals surface area contributed by atoms with E-state index in [2.05, 4.69) is 14.9 Å². The molecule has 1 N–H and O–H groups in total. The quantitative estimate of drug-likeness (QED) is 0.919. The molecule has 100 valence electrons. The van der Waals surface area contributed by atoms with Gasteiger partial charge in [-0.15, -0.1) is 11.3 Å². The number of aromatic nitrogens is 2. The Kier molecular flexibility index (Phi) is 3.08. The molecule has 1 unspecified atom stereocenters. The van der Waals surface area contributed by atoms with Crippen LogP contribution in [0.4, 0.5) is 0 Å². The SMILES string of the molecule is Cc1nonc1CN1CCc2sccc2C1C(=O)O. The van der Waals surface area contributed by atoms with Crippen LogP contribution in [0.2, 0.25) is 0 Å². The van der Waals surface area contributed by atoms with E-state index >= 15 is 0 Å². The van der Waals surface area contributed by atoms with Crippen LogP contribution < -0.4 is 0 Å². The molecule has 0 radical (unpaired) electrons. The number of carboxylic acid groups (broad SMARTS) is 1. The highest BCUT2D eigenvalue weighted by molar-refractivity contribution is 7.10. The van der Waals surface area contributed by atoms with E-state index in [9.17, 15) is 9.90 Å². The molecule has 0 amide bonds. The second-order valence-electron chi connectivity index (χ2n) is 4.56. The molecule has 7 heteroatoms. The predicted molar refractivity (Wildman–Crippen MR) is 67.8 cm³/mol. The Morgan fingerprint density at radius 2 is 2.47 bits per heavy atom. The molecule has 6 nitrogen and oxygen atoms in total. The molecule has 3 rings (SSSR count). The molecule has 0 fully saturated rings. The maximum atomic E-state index is 11.5. The number of nitrogens with zero attached hydrogens (tertiary/aromatic N) is 3. The molecule has 3 heterocycles. The average molecular weight is 279 g/mol. The van der Waals surface area contributed by atoms with Gasteiger partial charge in [0, 0.05) is 18.0 Å². The second-order valence-corrected chi connectivity index (χ2v) is 5.56. The van der Waals surface area contributed by atoms with Crippen LogP contribution >= 0.6 is 11.3 Å². The first-order valence-corrected chi connectivity index (χ1v) is 6.86. The summed E-state index contributed by atoms with van der Waals surface area (Å²) >= 11 is 1.62. The van der Waals surface area contributed by atoms with Crippen molar-refractivity contribution in [2.45, 2.75) is 25.9 Å². The molecule has 2 aromatic rings. The summed E-state index contributed by atoms with van der Waals surface area (Å²) in [5.41, 5.74) is 2.31. The Morgan fingerprint density at radius 1 is 1.63 bits per heavy atom. The van der Waals surface area contributed by atoms with Crippen molar-refractivity contribution in [1.82, 2.24) is 15.2 Å². The third-order valence-corrected chi connectivity index (χ3v) is 4.40. The first-order valence-electron chi connectivity index (χ1n) is 5.98. The second kappa shape index (κ2) is 4.75. The van der Waals surface area contributed by atoms with Crippen LogP contribution in [-0.4, -0.2) is 32.8 Å². The highest BCUT2D eigenvalue weighted by atomic mass is 32.1. The van der Waals surface area contributed by atoms with Crippen molar-refractivity contribution in [2.75, 3.05) is 6.54 Å². The van der Waals surface area contributed by atoms with Crippen LogP contribution in [0.3, 0.4) is 0 Å². The summed E-state index contributed by atoms with van der Waals surface area (Å²) < 4.78 is 4.66. The van der Waals surface area contributed by atoms with Crippen molar-refractivity contribution >= 4 is 17.3 Å². The first kappa shape index (κ1) is 12.3. The number of carbonyl (C=O) groups is 1. The van der Waals surface area contributed by atoms with E-state index in [-0.39, 0.29) is 0 Å². The predicted octanol–water partition coefficient (Wildman–Crippen LogP) is 1.62. The minimum atomic E-state index is -0.826.